The molecule has 0 radical (unpaired) electrons. The van der Waals surface area contributed by atoms with Gasteiger partial charge in [0.25, 0.3) is 5.91 Å². The number of amides is 1. The Labute approximate surface area is 116 Å². The lowest BCUT2D eigenvalue weighted by Crippen LogP contribution is -2.28. The summed E-state index contributed by atoms with van der Waals surface area (Å²) in [6.45, 7) is 4.24. The van der Waals surface area contributed by atoms with Gasteiger partial charge in [-0.05, 0) is 67.0 Å². The molecule has 1 aromatic heterocycles. The summed E-state index contributed by atoms with van der Waals surface area (Å²) in [5.74, 6) is -0.0282. The van der Waals surface area contributed by atoms with Crippen LogP contribution in [0.25, 0.3) is 0 Å². The Kier molecular flexibility index (Phi) is 5.13. The number of carbonyl (C=O) groups is 1. The van der Waals surface area contributed by atoms with E-state index in [1.54, 1.807) is 18.3 Å². The zero-order valence-electron chi connectivity index (χ0n) is 10.4. The van der Waals surface area contributed by atoms with Gasteiger partial charge in [-0.1, -0.05) is 0 Å². The summed E-state index contributed by atoms with van der Waals surface area (Å²) in [5, 5.41) is 2.94. The minimum absolute atomic E-state index is 0.0282. The number of hydrogen-bond acceptors (Lipinski definition) is 3. The molecule has 1 amide bonds. The van der Waals surface area contributed by atoms with Gasteiger partial charge in [-0.25, -0.2) is 4.98 Å². The minimum atomic E-state index is -0.0282. The standard InChI is InChI=1S/C13H18BrN3O/c14-12-10-11(4-6-15-12)13(18)16-5-3-9-17-7-1-2-8-17/h4,6,10H,1-3,5,7-9H2,(H,16,18). The van der Waals surface area contributed by atoms with Gasteiger partial charge in [-0.2, -0.15) is 0 Å². The summed E-state index contributed by atoms with van der Waals surface area (Å²) in [7, 11) is 0. The second-order valence-corrected chi connectivity index (χ2v) is 5.34. The molecule has 2 heterocycles. The van der Waals surface area contributed by atoms with Crippen LogP contribution in [0.4, 0.5) is 0 Å². The summed E-state index contributed by atoms with van der Waals surface area (Å²) in [6, 6.07) is 3.45. The third-order valence-corrected chi connectivity index (χ3v) is 3.56. The lowest BCUT2D eigenvalue weighted by Gasteiger charge is -2.14. The maximum atomic E-state index is 11.8. The lowest BCUT2D eigenvalue weighted by molar-refractivity contribution is 0.0952. The Morgan fingerprint density at radius 1 is 1.44 bits per heavy atom. The van der Waals surface area contributed by atoms with Gasteiger partial charge in [0.2, 0.25) is 0 Å². The van der Waals surface area contributed by atoms with Crippen molar-refractivity contribution in [2.24, 2.45) is 0 Å². The van der Waals surface area contributed by atoms with Gasteiger partial charge in [0.1, 0.15) is 4.60 Å². The van der Waals surface area contributed by atoms with E-state index in [-0.39, 0.29) is 5.91 Å². The molecule has 0 aliphatic carbocycles. The summed E-state index contributed by atoms with van der Waals surface area (Å²) in [4.78, 5) is 18.3. The third-order valence-electron chi connectivity index (χ3n) is 3.12. The molecule has 0 aromatic carbocycles. The highest BCUT2D eigenvalue weighted by Gasteiger charge is 2.11. The Morgan fingerprint density at radius 2 is 2.22 bits per heavy atom. The van der Waals surface area contributed by atoms with E-state index in [9.17, 15) is 4.79 Å². The van der Waals surface area contributed by atoms with Gasteiger partial charge < -0.3 is 10.2 Å². The van der Waals surface area contributed by atoms with Crippen molar-refractivity contribution >= 4 is 21.8 Å². The molecule has 1 aliphatic rings. The highest BCUT2D eigenvalue weighted by molar-refractivity contribution is 9.10. The molecular weight excluding hydrogens is 294 g/mol. The average molecular weight is 312 g/mol. The van der Waals surface area contributed by atoms with Gasteiger partial charge in [-0.15, -0.1) is 0 Å². The molecule has 0 atom stereocenters. The van der Waals surface area contributed by atoms with Crippen molar-refractivity contribution in [3.63, 3.8) is 0 Å². The van der Waals surface area contributed by atoms with Crippen molar-refractivity contribution in [1.82, 2.24) is 15.2 Å². The van der Waals surface area contributed by atoms with Crippen LogP contribution < -0.4 is 5.32 Å². The molecule has 1 aliphatic heterocycles. The minimum Gasteiger partial charge on any atom is -0.352 e. The van der Waals surface area contributed by atoms with E-state index >= 15 is 0 Å². The Bertz CT molecular complexity index is 405. The fourth-order valence-corrected chi connectivity index (χ4v) is 2.52. The molecule has 1 fully saturated rings. The number of nitrogens with one attached hydrogen (secondary N) is 1. The first kappa shape index (κ1) is 13.5. The van der Waals surface area contributed by atoms with Crippen LogP contribution in [0.2, 0.25) is 0 Å². The zero-order valence-corrected chi connectivity index (χ0v) is 11.9. The van der Waals surface area contributed by atoms with Crippen LogP contribution in [-0.2, 0) is 0 Å². The van der Waals surface area contributed by atoms with Gasteiger partial charge in [0.05, 0.1) is 0 Å². The maximum Gasteiger partial charge on any atom is 0.251 e. The Hall–Kier alpha value is -0.940. The van der Waals surface area contributed by atoms with E-state index < -0.39 is 0 Å². The Morgan fingerprint density at radius 3 is 2.94 bits per heavy atom. The Balaban J connectivity index is 1.68. The number of pyridine rings is 1. The summed E-state index contributed by atoms with van der Waals surface area (Å²) >= 11 is 3.26. The van der Waals surface area contributed by atoms with Crippen LogP contribution in [0, 0.1) is 0 Å². The molecule has 0 saturated carbocycles. The third kappa shape index (κ3) is 4.07. The van der Waals surface area contributed by atoms with E-state index in [1.807, 2.05) is 0 Å². The van der Waals surface area contributed by atoms with Crippen molar-refractivity contribution < 1.29 is 4.79 Å². The lowest BCUT2D eigenvalue weighted by atomic mass is 10.2. The topological polar surface area (TPSA) is 45.2 Å². The van der Waals surface area contributed by atoms with Gasteiger partial charge in [0.15, 0.2) is 0 Å². The number of aromatic nitrogens is 1. The van der Waals surface area contributed by atoms with Crippen LogP contribution in [0.3, 0.4) is 0 Å². The molecule has 2 rings (SSSR count). The van der Waals surface area contributed by atoms with Crippen LogP contribution in [0.1, 0.15) is 29.6 Å². The number of nitrogens with zero attached hydrogens (tertiary/aromatic N) is 2. The number of hydrogen-bond donors (Lipinski definition) is 1. The molecule has 18 heavy (non-hydrogen) atoms. The van der Waals surface area contributed by atoms with Crippen LogP contribution in [0.15, 0.2) is 22.9 Å². The predicted molar refractivity (Wildman–Crippen MR) is 74.6 cm³/mol. The number of halogens is 1. The molecule has 0 spiro atoms. The summed E-state index contributed by atoms with van der Waals surface area (Å²) in [5.41, 5.74) is 0.651. The molecule has 0 unspecified atom stereocenters. The van der Waals surface area contributed by atoms with E-state index in [0.29, 0.717) is 10.2 Å². The molecular formula is C13H18BrN3O. The molecule has 0 bridgehead atoms. The largest absolute Gasteiger partial charge is 0.352 e. The van der Waals surface area contributed by atoms with Crippen molar-refractivity contribution in [2.45, 2.75) is 19.3 Å². The zero-order chi connectivity index (χ0) is 12.8. The van der Waals surface area contributed by atoms with E-state index in [4.69, 9.17) is 0 Å². The fourth-order valence-electron chi connectivity index (χ4n) is 2.16. The highest BCUT2D eigenvalue weighted by atomic mass is 79.9. The quantitative estimate of drug-likeness (QED) is 0.669. The molecule has 1 N–H and O–H groups in total. The van der Waals surface area contributed by atoms with Crippen LogP contribution in [-0.4, -0.2) is 42.0 Å². The second-order valence-electron chi connectivity index (χ2n) is 4.53. The van der Waals surface area contributed by atoms with Crippen molar-refractivity contribution in [3.8, 4) is 0 Å². The monoisotopic (exact) mass is 311 g/mol. The van der Waals surface area contributed by atoms with Gasteiger partial charge in [-0.3, -0.25) is 4.79 Å². The van der Waals surface area contributed by atoms with Crippen LogP contribution >= 0.6 is 15.9 Å². The highest BCUT2D eigenvalue weighted by Crippen LogP contribution is 2.08. The molecule has 1 saturated heterocycles. The van der Waals surface area contributed by atoms with E-state index in [0.717, 1.165) is 19.5 Å². The normalized spacial score (nSPS) is 15.8. The predicted octanol–water partition coefficient (Wildman–Crippen LogP) is 2.06. The number of rotatable bonds is 5. The van der Waals surface area contributed by atoms with Crippen molar-refractivity contribution in [1.29, 1.82) is 0 Å². The van der Waals surface area contributed by atoms with Crippen molar-refractivity contribution in [2.75, 3.05) is 26.2 Å². The molecule has 5 heteroatoms. The summed E-state index contributed by atoms with van der Waals surface area (Å²) in [6.07, 6.45) is 5.27. The fraction of sp³-hybridized carbons (Fsp3) is 0.538. The molecule has 4 nitrogen and oxygen atoms in total. The van der Waals surface area contributed by atoms with E-state index in [1.165, 1.54) is 25.9 Å². The first-order valence-corrected chi connectivity index (χ1v) is 7.17. The van der Waals surface area contributed by atoms with Crippen molar-refractivity contribution in [3.05, 3.63) is 28.5 Å². The first-order chi connectivity index (χ1) is 8.75. The molecule has 98 valence electrons. The summed E-state index contributed by atoms with van der Waals surface area (Å²) < 4.78 is 0.687. The smallest absolute Gasteiger partial charge is 0.251 e. The number of carbonyl (C=O) groups excluding carboxylic acids is 1. The van der Waals surface area contributed by atoms with Gasteiger partial charge >= 0.3 is 0 Å². The van der Waals surface area contributed by atoms with Crippen LogP contribution in [0.5, 0.6) is 0 Å². The first-order valence-electron chi connectivity index (χ1n) is 6.38. The second kappa shape index (κ2) is 6.85. The maximum absolute atomic E-state index is 11.8. The molecule has 1 aromatic rings. The SMILES string of the molecule is O=C(NCCCN1CCCC1)c1ccnc(Br)c1. The van der Waals surface area contributed by atoms with E-state index in [2.05, 4.69) is 31.1 Å². The number of likely N-dealkylation sites (tertiary alicyclic amines) is 1. The average Bonchev–Trinajstić information content (AvgIpc) is 2.87. The van der Waals surface area contributed by atoms with Gasteiger partial charge in [0, 0.05) is 18.3 Å².